The van der Waals surface area contributed by atoms with Gasteiger partial charge in [0.15, 0.2) is 0 Å². The Hall–Kier alpha value is -3.06. The summed E-state index contributed by atoms with van der Waals surface area (Å²) in [4.78, 5) is 28.3. The number of halogens is 1. The van der Waals surface area contributed by atoms with E-state index in [2.05, 4.69) is 20.4 Å². The molecule has 7 nitrogen and oxygen atoms in total. The van der Waals surface area contributed by atoms with Crippen LogP contribution >= 0.6 is 11.6 Å². The van der Waals surface area contributed by atoms with E-state index in [-0.39, 0.29) is 18.4 Å². The van der Waals surface area contributed by atoms with Crippen LogP contribution in [0.1, 0.15) is 19.4 Å². The fourth-order valence-electron chi connectivity index (χ4n) is 3.01. The minimum atomic E-state index is -0.696. The first-order valence-corrected chi connectivity index (χ1v) is 9.61. The van der Waals surface area contributed by atoms with Crippen molar-refractivity contribution in [2.45, 2.75) is 26.4 Å². The van der Waals surface area contributed by atoms with Gasteiger partial charge in [-0.2, -0.15) is 0 Å². The standard InChI is InChI=1S/C21H23ClN4O3/c1-13(2)19(25-21(28)29-3)20(27)23-11-14-8-9-15(10-16(14)22)26-12-24-17-6-4-5-7-18(17)26/h4-10,12-13,19H,11H2,1-3H3,(H,23,27)(H,25,28). The predicted molar refractivity (Wildman–Crippen MR) is 112 cm³/mol. The Labute approximate surface area is 174 Å². The van der Waals surface area contributed by atoms with E-state index in [9.17, 15) is 9.59 Å². The van der Waals surface area contributed by atoms with Crippen LogP contribution in [0.4, 0.5) is 4.79 Å². The van der Waals surface area contributed by atoms with Crippen molar-refractivity contribution >= 4 is 34.6 Å². The number of methoxy groups -OCH3 is 1. The third-order valence-corrected chi connectivity index (χ3v) is 4.98. The maximum atomic E-state index is 12.5. The van der Waals surface area contributed by atoms with Crippen LogP contribution in [0.5, 0.6) is 0 Å². The Morgan fingerprint density at radius 1 is 1.21 bits per heavy atom. The molecule has 3 rings (SSSR count). The molecule has 2 aromatic carbocycles. The van der Waals surface area contributed by atoms with Gasteiger partial charge in [0.1, 0.15) is 12.4 Å². The van der Waals surface area contributed by atoms with E-state index in [0.29, 0.717) is 5.02 Å². The number of para-hydroxylation sites is 2. The average Bonchev–Trinajstić information content (AvgIpc) is 3.14. The van der Waals surface area contributed by atoms with Gasteiger partial charge in [-0.25, -0.2) is 9.78 Å². The van der Waals surface area contributed by atoms with Gasteiger partial charge in [0.2, 0.25) is 5.91 Å². The summed E-state index contributed by atoms with van der Waals surface area (Å²) in [5.74, 6) is -0.396. The summed E-state index contributed by atoms with van der Waals surface area (Å²) in [6, 6.07) is 12.8. The van der Waals surface area contributed by atoms with E-state index < -0.39 is 12.1 Å². The van der Waals surface area contributed by atoms with E-state index in [4.69, 9.17) is 11.6 Å². The average molecular weight is 415 g/mol. The van der Waals surface area contributed by atoms with Crippen LogP contribution in [-0.2, 0) is 16.1 Å². The van der Waals surface area contributed by atoms with Crippen LogP contribution in [0.25, 0.3) is 16.7 Å². The molecule has 0 fully saturated rings. The number of alkyl carbamates (subject to hydrolysis) is 1. The maximum Gasteiger partial charge on any atom is 0.407 e. The predicted octanol–water partition coefficient (Wildman–Crippen LogP) is 3.68. The second kappa shape index (κ2) is 8.96. The normalized spacial score (nSPS) is 12.0. The van der Waals surface area contributed by atoms with Gasteiger partial charge >= 0.3 is 6.09 Å². The molecular weight excluding hydrogens is 392 g/mol. The number of benzene rings is 2. The van der Waals surface area contributed by atoms with E-state index in [0.717, 1.165) is 22.3 Å². The van der Waals surface area contributed by atoms with Gasteiger partial charge in [-0.15, -0.1) is 0 Å². The quantitative estimate of drug-likeness (QED) is 0.644. The van der Waals surface area contributed by atoms with Crippen molar-refractivity contribution in [1.29, 1.82) is 0 Å². The Kier molecular flexibility index (Phi) is 6.39. The first kappa shape index (κ1) is 20.7. The minimum absolute atomic E-state index is 0.0959. The zero-order valence-electron chi connectivity index (χ0n) is 16.5. The van der Waals surface area contributed by atoms with Gasteiger partial charge in [-0.1, -0.05) is 43.6 Å². The number of rotatable bonds is 6. The molecule has 152 valence electrons. The molecule has 2 N–H and O–H groups in total. The molecule has 2 amide bonds. The highest BCUT2D eigenvalue weighted by Gasteiger charge is 2.24. The van der Waals surface area contributed by atoms with Crippen LogP contribution in [0, 0.1) is 5.92 Å². The van der Waals surface area contributed by atoms with Crippen molar-refractivity contribution in [3.63, 3.8) is 0 Å². The van der Waals surface area contributed by atoms with Crippen molar-refractivity contribution in [2.24, 2.45) is 5.92 Å². The van der Waals surface area contributed by atoms with Crippen molar-refractivity contribution in [2.75, 3.05) is 7.11 Å². The van der Waals surface area contributed by atoms with Crippen LogP contribution in [0.3, 0.4) is 0 Å². The number of hydrogen-bond acceptors (Lipinski definition) is 4. The zero-order chi connectivity index (χ0) is 21.0. The molecule has 0 aliphatic rings. The Bertz CT molecular complexity index is 1030. The molecule has 0 saturated heterocycles. The number of nitrogens with one attached hydrogen (secondary N) is 2. The molecule has 0 saturated carbocycles. The molecule has 1 atom stereocenters. The van der Waals surface area contributed by atoms with Crippen molar-refractivity contribution in [3.05, 3.63) is 59.4 Å². The zero-order valence-corrected chi connectivity index (χ0v) is 17.2. The number of carbonyl (C=O) groups is 2. The molecule has 0 aliphatic heterocycles. The van der Waals surface area contributed by atoms with Gasteiger partial charge in [0.25, 0.3) is 0 Å². The van der Waals surface area contributed by atoms with Crippen molar-refractivity contribution in [1.82, 2.24) is 20.2 Å². The van der Waals surface area contributed by atoms with Crippen LogP contribution in [0.2, 0.25) is 5.02 Å². The van der Waals surface area contributed by atoms with Crippen LogP contribution in [0.15, 0.2) is 48.8 Å². The molecule has 29 heavy (non-hydrogen) atoms. The number of ether oxygens (including phenoxy) is 1. The second-order valence-corrected chi connectivity index (χ2v) is 7.36. The highest BCUT2D eigenvalue weighted by Crippen LogP contribution is 2.23. The molecule has 1 aromatic heterocycles. The first-order chi connectivity index (χ1) is 13.9. The third-order valence-electron chi connectivity index (χ3n) is 4.63. The Balaban J connectivity index is 1.72. The molecule has 8 heteroatoms. The summed E-state index contributed by atoms with van der Waals surface area (Å²) in [5.41, 5.74) is 3.54. The number of hydrogen-bond donors (Lipinski definition) is 2. The second-order valence-electron chi connectivity index (χ2n) is 6.95. The molecule has 0 radical (unpaired) electrons. The van der Waals surface area contributed by atoms with Gasteiger partial charge in [-0.05, 0) is 35.7 Å². The highest BCUT2D eigenvalue weighted by atomic mass is 35.5. The summed E-state index contributed by atoms with van der Waals surface area (Å²) >= 11 is 6.46. The summed E-state index contributed by atoms with van der Waals surface area (Å²) in [5, 5.41) is 5.90. The lowest BCUT2D eigenvalue weighted by Gasteiger charge is -2.21. The maximum absolute atomic E-state index is 12.5. The largest absolute Gasteiger partial charge is 0.453 e. The summed E-state index contributed by atoms with van der Waals surface area (Å²) in [6.07, 6.45) is 1.11. The number of fused-ring (bicyclic) bond motifs is 1. The Morgan fingerprint density at radius 3 is 2.66 bits per heavy atom. The summed E-state index contributed by atoms with van der Waals surface area (Å²) in [7, 11) is 1.26. The third kappa shape index (κ3) is 4.68. The van der Waals surface area contributed by atoms with E-state index >= 15 is 0 Å². The smallest absolute Gasteiger partial charge is 0.407 e. The number of carbonyl (C=O) groups excluding carboxylic acids is 2. The number of nitrogens with zero attached hydrogens (tertiary/aromatic N) is 2. The summed E-state index contributed by atoms with van der Waals surface area (Å²) < 4.78 is 6.54. The molecular formula is C21H23ClN4O3. The molecule has 3 aromatic rings. The van der Waals surface area contributed by atoms with Gasteiger partial charge in [0, 0.05) is 17.3 Å². The number of aromatic nitrogens is 2. The molecule has 0 aliphatic carbocycles. The molecule has 0 bridgehead atoms. The first-order valence-electron chi connectivity index (χ1n) is 9.23. The Morgan fingerprint density at radius 2 is 1.97 bits per heavy atom. The van der Waals surface area contributed by atoms with E-state index in [1.807, 2.05) is 60.9 Å². The van der Waals surface area contributed by atoms with Crippen LogP contribution < -0.4 is 10.6 Å². The minimum Gasteiger partial charge on any atom is -0.453 e. The number of amides is 2. The molecule has 0 spiro atoms. The molecule has 1 unspecified atom stereocenters. The SMILES string of the molecule is COC(=O)NC(C(=O)NCc1ccc(-n2cnc3ccccc32)cc1Cl)C(C)C. The highest BCUT2D eigenvalue weighted by molar-refractivity contribution is 6.31. The van der Waals surface area contributed by atoms with Gasteiger partial charge in [-0.3, -0.25) is 9.36 Å². The van der Waals surface area contributed by atoms with E-state index in [1.165, 1.54) is 7.11 Å². The number of imidazole rings is 1. The fraction of sp³-hybridized carbons (Fsp3) is 0.286. The van der Waals surface area contributed by atoms with Gasteiger partial charge in [0.05, 0.1) is 18.1 Å². The monoisotopic (exact) mass is 414 g/mol. The topological polar surface area (TPSA) is 85.2 Å². The van der Waals surface area contributed by atoms with Gasteiger partial charge < -0.3 is 15.4 Å². The lowest BCUT2D eigenvalue weighted by atomic mass is 10.0. The van der Waals surface area contributed by atoms with Crippen molar-refractivity contribution in [3.8, 4) is 5.69 Å². The molecule has 1 heterocycles. The fourth-order valence-corrected chi connectivity index (χ4v) is 3.25. The van der Waals surface area contributed by atoms with Crippen LogP contribution in [-0.4, -0.2) is 34.7 Å². The lowest BCUT2D eigenvalue weighted by Crippen LogP contribution is -2.49. The lowest BCUT2D eigenvalue weighted by molar-refractivity contribution is -0.124. The van der Waals surface area contributed by atoms with E-state index in [1.54, 1.807) is 6.33 Å². The van der Waals surface area contributed by atoms with Crippen molar-refractivity contribution < 1.29 is 14.3 Å². The summed E-state index contributed by atoms with van der Waals surface area (Å²) in [6.45, 7) is 3.93.